The minimum atomic E-state index is -0.314. The van der Waals surface area contributed by atoms with Crippen LogP contribution in [0.3, 0.4) is 0 Å². The van der Waals surface area contributed by atoms with Crippen LogP contribution in [0.2, 0.25) is 0 Å². The largest absolute Gasteiger partial charge is 0.497 e. The van der Waals surface area contributed by atoms with Gasteiger partial charge in [0.1, 0.15) is 18.0 Å². The molecular formula is C21H23N3O4. The molecule has 4 rings (SSSR count). The average molecular weight is 381 g/mol. The van der Waals surface area contributed by atoms with E-state index >= 15 is 0 Å². The van der Waals surface area contributed by atoms with Gasteiger partial charge in [-0.05, 0) is 17.5 Å². The number of carbonyl (C=O) groups excluding carboxylic acids is 2. The standard InChI is InChI=1S/C21H23N3O4/c1-27-16-9-15(10-17(11-16)28-2)22-21(26)23-12-19-18-6-4-3-5-14(18)7-8-24(19)20(25)13-23/h3-6,9-11,19H,7-8,12-13H2,1-2H3,(H,22,26). The van der Waals surface area contributed by atoms with Gasteiger partial charge in [-0.2, -0.15) is 0 Å². The van der Waals surface area contributed by atoms with Gasteiger partial charge in [0.2, 0.25) is 5.91 Å². The fourth-order valence-electron chi connectivity index (χ4n) is 3.91. The third kappa shape index (κ3) is 3.35. The van der Waals surface area contributed by atoms with Gasteiger partial charge in [0, 0.05) is 37.0 Å². The molecule has 1 atom stereocenters. The second kappa shape index (κ2) is 7.42. The van der Waals surface area contributed by atoms with Gasteiger partial charge in [-0.15, -0.1) is 0 Å². The van der Waals surface area contributed by atoms with E-state index in [2.05, 4.69) is 11.4 Å². The van der Waals surface area contributed by atoms with Gasteiger partial charge in [-0.1, -0.05) is 24.3 Å². The Bertz CT molecular complexity index is 892. The van der Waals surface area contributed by atoms with Crippen molar-refractivity contribution in [3.63, 3.8) is 0 Å². The molecule has 0 bridgehead atoms. The molecule has 2 aromatic rings. The molecule has 2 aliphatic heterocycles. The first kappa shape index (κ1) is 18.2. The minimum Gasteiger partial charge on any atom is -0.497 e. The summed E-state index contributed by atoms with van der Waals surface area (Å²) >= 11 is 0. The Morgan fingerprint density at radius 1 is 1.11 bits per heavy atom. The van der Waals surface area contributed by atoms with Crippen LogP contribution in [-0.4, -0.2) is 55.6 Å². The highest BCUT2D eigenvalue weighted by atomic mass is 16.5. The van der Waals surface area contributed by atoms with Crippen molar-refractivity contribution in [2.75, 3.05) is 39.2 Å². The third-order valence-corrected chi connectivity index (χ3v) is 5.34. The summed E-state index contributed by atoms with van der Waals surface area (Å²) in [5, 5.41) is 2.86. The number of hydrogen-bond acceptors (Lipinski definition) is 4. The summed E-state index contributed by atoms with van der Waals surface area (Å²) in [7, 11) is 3.11. The van der Waals surface area contributed by atoms with E-state index in [1.807, 2.05) is 23.1 Å². The molecule has 1 unspecified atom stereocenters. The van der Waals surface area contributed by atoms with Crippen LogP contribution in [0.5, 0.6) is 11.5 Å². The van der Waals surface area contributed by atoms with E-state index in [1.54, 1.807) is 37.3 Å². The lowest BCUT2D eigenvalue weighted by molar-refractivity contribution is -0.139. The zero-order valence-electron chi connectivity index (χ0n) is 16.0. The van der Waals surface area contributed by atoms with E-state index in [1.165, 1.54) is 5.56 Å². The summed E-state index contributed by atoms with van der Waals surface area (Å²) in [5.74, 6) is 1.14. The Balaban J connectivity index is 1.54. The first-order valence-corrected chi connectivity index (χ1v) is 9.25. The van der Waals surface area contributed by atoms with Crippen LogP contribution in [0.15, 0.2) is 42.5 Å². The summed E-state index contributed by atoms with van der Waals surface area (Å²) in [5.41, 5.74) is 2.93. The number of ether oxygens (including phenoxy) is 2. The molecule has 1 saturated heterocycles. The Morgan fingerprint density at radius 2 is 1.82 bits per heavy atom. The predicted molar refractivity (Wildman–Crippen MR) is 105 cm³/mol. The minimum absolute atomic E-state index is 0.0240. The number of nitrogens with one attached hydrogen (secondary N) is 1. The van der Waals surface area contributed by atoms with E-state index in [9.17, 15) is 9.59 Å². The molecular weight excluding hydrogens is 358 g/mol. The molecule has 2 aliphatic rings. The van der Waals surface area contributed by atoms with Crippen molar-refractivity contribution in [1.29, 1.82) is 0 Å². The summed E-state index contributed by atoms with van der Waals surface area (Å²) in [4.78, 5) is 29.0. The Morgan fingerprint density at radius 3 is 2.54 bits per heavy atom. The van der Waals surface area contributed by atoms with Crippen molar-refractivity contribution < 1.29 is 19.1 Å². The van der Waals surface area contributed by atoms with Crippen LogP contribution in [0, 0.1) is 0 Å². The Kier molecular flexibility index (Phi) is 4.81. The van der Waals surface area contributed by atoms with Crippen molar-refractivity contribution in [3.05, 3.63) is 53.6 Å². The maximum Gasteiger partial charge on any atom is 0.322 e. The molecule has 1 N–H and O–H groups in total. The second-order valence-corrected chi connectivity index (χ2v) is 6.96. The highest BCUT2D eigenvalue weighted by Crippen LogP contribution is 2.33. The molecule has 0 aromatic heterocycles. The fraction of sp³-hybridized carbons (Fsp3) is 0.333. The summed E-state index contributed by atoms with van der Waals surface area (Å²) < 4.78 is 10.5. The molecule has 1 fully saturated rings. The predicted octanol–water partition coefficient (Wildman–Crippen LogP) is 2.68. The molecule has 2 aromatic carbocycles. The highest BCUT2D eigenvalue weighted by molar-refractivity contribution is 5.93. The number of hydrogen-bond donors (Lipinski definition) is 1. The molecule has 7 nitrogen and oxygen atoms in total. The molecule has 146 valence electrons. The lowest BCUT2D eigenvalue weighted by Crippen LogP contribution is -2.56. The maximum absolute atomic E-state index is 12.9. The summed E-state index contributed by atoms with van der Waals surface area (Å²) in [6.45, 7) is 1.24. The van der Waals surface area contributed by atoms with E-state index in [4.69, 9.17) is 9.47 Å². The molecule has 0 saturated carbocycles. The van der Waals surface area contributed by atoms with Gasteiger partial charge >= 0.3 is 6.03 Å². The second-order valence-electron chi connectivity index (χ2n) is 6.96. The van der Waals surface area contributed by atoms with Gasteiger partial charge in [0.05, 0.1) is 20.3 Å². The topological polar surface area (TPSA) is 71.1 Å². The number of fused-ring (bicyclic) bond motifs is 3. The number of carbonyl (C=O) groups is 2. The van der Waals surface area contributed by atoms with Crippen molar-refractivity contribution >= 4 is 17.6 Å². The van der Waals surface area contributed by atoms with Gasteiger partial charge in [0.25, 0.3) is 0 Å². The SMILES string of the molecule is COc1cc(NC(=O)N2CC(=O)N3CCc4ccccc4C3C2)cc(OC)c1. The van der Waals surface area contributed by atoms with Crippen LogP contribution >= 0.6 is 0 Å². The first-order chi connectivity index (χ1) is 13.6. The number of piperazine rings is 1. The summed E-state index contributed by atoms with van der Waals surface area (Å²) in [6, 6.07) is 12.9. The van der Waals surface area contributed by atoms with Gasteiger partial charge in [-0.25, -0.2) is 4.79 Å². The quantitative estimate of drug-likeness (QED) is 0.887. The number of urea groups is 1. The number of anilines is 1. The first-order valence-electron chi connectivity index (χ1n) is 9.25. The smallest absolute Gasteiger partial charge is 0.322 e. The van der Waals surface area contributed by atoms with Crippen molar-refractivity contribution in [3.8, 4) is 11.5 Å². The number of methoxy groups -OCH3 is 2. The van der Waals surface area contributed by atoms with Crippen molar-refractivity contribution in [1.82, 2.24) is 9.80 Å². The molecule has 3 amide bonds. The molecule has 28 heavy (non-hydrogen) atoms. The van der Waals surface area contributed by atoms with Crippen molar-refractivity contribution in [2.45, 2.75) is 12.5 Å². The molecule has 0 radical (unpaired) electrons. The molecule has 7 heteroatoms. The van der Waals surface area contributed by atoms with E-state index < -0.39 is 0 Å². The van der Waals surface area contributed by atoms with Crippen LogP contribution in [0.1, 0.15) is 17.2 Å². The van der Waals surface area contributed by atoms with Gasteiger partial charge in [-0.3, -0.25) is 4.79 Å². The number of benzene rings is 2. The Hall–Kier alpha value is -3.22. The van der Waals surface area contributed by atoms with Crippen molar-refractivity contribution in [2.24, 2.45) is 0 Å². The van der Waals surface area contributed by atoms with E-state index in [0.29, 0.717) is 30.3 Å². The van der Waals surface area contributed by atoms with Crippen LogP contribution < -0.4 is 14.8 Å². The van der Waals surface area contributed by atoms with Crippen LogP contribution in [-0.2, 0) is 11.2 Å². The van der Waals surface area contributed by atoms with Gasteiger partial charge < -0.3 is 24.6 Å². The molecule has 0 aliphatic carbocycles. The van der Waals surface area contributed by atoms with Gasteiger partial charge in [0.15, 0.2) is 0 Å². The number of nitrogens with zero attached hydrogens (tertiary/aromatic N) is 2. The zero-order chi connectivity index (χ0) is 19.7. The Labute approximate surface area is 163 Å². The zero-order valence-corrected chi connectivity index (χ0v) is 16.0. The normalized spacial score (nSPS) is 18.2. The molecule has 2 heterocycles. The molecule has 0 spiro atoms. The fourth-order valence-corrected chi connectivity index (χ4v) is 3.91. The summed E-state index contributed by atoms with van der Waals surface area (Å²) in [6.07, 6.45) is 0.855. The van der Waals surface area contributed by atoms with E-state index in [0.717, 1.165) is 12.0 Å². The lowest BCUT2D eigenvalue weighted by Gasteiger charge is -2.44. The average Bonchev–Trinajstić information content (AvgIpc) is 2.73. The monoisotopic (exact) mass is 381 g/mol. The third-order valence-electron chi connectivity index (χ3n) is 5.34. The highest BCUT2D eigenvalue weighted by Gasteiger charge is 2.38. The number of rotatable bonds is 3. The number of amides is 3. The lowest BCUT2D eigenvalue weighted by atomic mass is 9.91. The van der Waals surface area contributed by atoms with Crippen LogP contribution in [0.4, 0.5) is 10.5 Å². The van der Waals surface area contributed by atoms with Crippen LogP contribution in [0.25, 0.3) is 0 Å². The maximum atomic E-state index is 12.9. The van der Waals surface area contributed by atoms with E-state index in [-0.39, 0.29) is 24.5 Å².